The molecule has 0 aromatic carbocycles. The molecule has 0 fully saturated rings. The Hall–Kier alpha value is -0.410. The molecular formula is C4H11N3. The molecule has 0 atom stereocenters. The quantitative estimate of drug-likeness (QED) is 0.339. The molecule has 0 aromatic heterocycles. The zero-order valence-electron chi connectivity index (χ0n) is 4.71. The molecule has 3 heteroatoms. The van der Waals surface area contributed by atoms with Crippen molar-refractivity contribution in [3.8, 4) is 0 Å². The van der Waals surface area contributed by atoms with Gasteiger partial charge < -0.3 is 5.41 Å². The summed E-state index contributed by atoms with van der Waals surface area (Å²) in [6, 6.07) is 0. The number of hydrogen-bond acceptors (Lipinski definition) is 3. The average molecular weight is 101 g/mol. The molecule has 0 aliphatic carbocycles. The molecule has 7 heavy (non-hydrogen) atoms. The van der Waals surface area contributed by atoms with E-state index in [4.69, 9.17) is 5.41 Å². The molecule has 0 aliphatic rings. The standard InChI is InChI=1S/C4H11N3/c1-4(5)3-7-6-2/h5-7H,3H2,1-2H3. The van der Waals surface area contributed by atoms with E-state index >= 15 is 0 Å². The third kappa shape index (κ3) is 5.59. The van der Waals surface area contributed by atoms with Crippen LogP contribution in [0.4, 0.5) is 0 Å². The van der Waals surface area contributed by atoms with E-state index in [1.54, 1.807) is 14.0 Å². The van der Waals surface area contributed by atoms with Crippen LogP contribution in [0.2, 0.25) is 0 Å². The first-order valence-corrected chi connectivity index (χ1v) is 2.21. The van der Waals surface area contributed by atoms with Crippen LogP contribution >= 0.6 is 0 Å². The lowest BCUT2D eigenvalue weighted by Crippen LogP contribution is -2.31. The van der Waals surface area contributed by atoms with Gasteiger partial charge in [-0.15, -0.1) is 0 Å². The van der Waals surface area contributed by atoms with Crippen molar-refractivity contribution in [2.24, 2.45) is 0 Å². The van der Waals surface area contributed by atoms with Crippen molar-refractivity contribution in [1.29, 1.82) is 5.41 Å². The maximum atomic E-state index is 6.90. The van der Waals surface area contributed by atoms with Gasteiger partial charge in [-0.1, -0.05) is 0 Å². The van der Waals surface area contributed by atoms with Crippen LogP contribution in [0.3, 0.4) is 0 Å². The molecule has 0 saturated carbocycles. The highest BCUT2D eigenvalue weighted by Crippen LogP contribution is 1.59. The molecule has 42 valence electrons. The van der Waals surface area contributed by atoms with Gasteiger partial charge in [0.05, 0.1) is 0 Å². The maximum absolute atomic E-state index is 6.90. The smallest absolute Gasteiger partial charge is 0.0475 e. The molecule has 3 N–H and O–H groups in total. The van der Waals surface area contributed by atoms with E-state index in [0.29, 0.717) is 12.3 Å². The van der Waals surface area contributed by atoms with Crippen LogP contribution in [-0.4, -0.2) is 19.3 Å². The second kappa shape index (κ2) is 3.77. The highest BCUT2D eigenvalue weighted by atomic mass is 15.3. The number of hydrazine groups is 1. The van der Waals surface area contributed by atoms with Gasteiger partial charge in [-0.2, -0.15) is 0 Å². The average Bonchev–Trinajstić information content (AvgIpc) is 1.61. The molecule has 0 aromatic rings. The fraction of sp³-hybridized carbons (Fsp3) is 0.750. The highest BCUT2D eigenvalue weighted by molar-refractivity contribution is 5.80. The van der Waals surface area contributed by atoms with Crippen molar-refractivity contribution in [3.63, 3.8) is 0 Å². The molecule has 0 bridgehead atoms. The Morgan fingerprint density at radius 3 is 2.43 bits per heavy atom. The fourth-order valence-electron chi connectivity index (χ4n) is 0.221. The van der Waals surface area contributed by atoms with E-state index in [9.17, 15) is 0 Å². The van der Waals surface area contributed by atoms with Crippen LogP contribution in [0.25, 0.3) is 0 Å². The topological polar surface area (TPSA) is 47.9 Å². The van der Waals surface area contributed by atoms with Gasteiger partial charge in [0.1, 0.15) is 0 Å². The summed E-state index contributed by atoms with van der Waals surface area (Å²) in [7, 11) is 1.78. The minimum Gasteiger partial charge on any atom is -0.309 e. The second-order valence-corrected chi connectivity index (χ2v) is 1.38. The number of hydrogen-bond donors (Lipinski definition) is 3. The zero-order valence-corrected chi connectivity index (χ0v) is 4.71. The molecule has 0 heterocycles. The van der Waals surface area contributed by atoms with Gasteiger partial charge in [-0.25, -0.2) is 0 Å². The Labute approximate surface area is 43.6 Å². The van der Waals surface area contributed by atoms with Crippen molar-refractivity contribution in [3.05, 3.63) is 0 Å². The Morgan fingerprint density at radius 1 is 1.71 bits per heavy atom. The second-order valence-electron chi connectivity index (χ2n) is 1.38. The highest BCUT2D eigenvalue weighted by Gasteiger charge is 1.79. The van der Waals surface area contributed by atoms with Crippen LogP contribution in [0.1, 0.15) is 6.92 Å². The van der Waals surface area contributed by atoms with E-state index in [1.165, 1.54) is 0 Å². The Bertz CT molecular complexity index is 60.0. The monoisotopic (exact) mass is 101 g/mol. The normalized spacial score (nSPS) is 8.86. The Kier molecular flexibility index (Phi) is 3.55. The van der Waals surface area contributed by atoms with E-state index in [2.05, 4.69) is 10.9 Å². The van der Waals surface area contributed by atoms with Gasteiger partial charge in [0.2, 0.25) is 0 Å². The number of rotatable bonds is 3. The molecule has 0 rings (SSSR count). The lowest BCUT2D eigenvalue weighted by Gasteiger charge is -1.96. The van der Waals surface area contributed by atoms with Gasteiger partial charge in [0.25, 0.3) is 0 Å². The first-order chi connectivity index (χ1) is 3.27. The van der Waals surface area contributed by atoms with Crippen LogP contribution in [0.15, 0.2) is 0 Å². The van der Waals surface area contributed by atoms with Crippen molar-refractivity contribution >= 4 is 5.71 Å². The van der Waals surface area contributed by atoms with Gasteiger partial charge in [0.15, 0.2) is 0 Å². The molecule has 0 unspecified atom stereocenters. The maximum Gasteiger partial charge on any atom is 0.0475 e. The van der Waals surface area contributed by atoms with Crippen molar-refractivity contribution in [2.75, 3.05) is 13.6 Å². The Balaban J connectivity index is 2.82. The first kappa shape index (κ1) is 6.59. The largest absolute Gasteiger partial charge is 0.309 e. The zero-order chi connectivity index (χ0) is 5.70. The van der Waals surface area contributed by atoms with Crippen LogP contribution < -0.4 is 10.9 Å². The van der Waals surface area contributed by atoms with Gasteiger partial charge in [0, 0.05) is 12.3 Å². The van der Waals surface area contributed by atoms with E-state index < -0.39 is 0 Å². The van der Waals surface area contributed by atoms with Gasteiger partial charge in [-0.3, -0.25) is 10.9 Å². The van der Waals surface area contributed by atoms with Crippen LogP contribution in [0.5, 0.6) is 0 Å². The molecule has 0 aliphatic heterocycles. The summed E-state index contributed by atoms with van der Waals surface area (Å²) in [6.07, 6.45) is 0. The molecule has 0 radical (unpaired) electrons. The summed E-state index contributed by atoms with van der Waals surface area (Å²) in [5, 5.41) is 6.90. The predicted molar refractivity (Wildman–Crippen MR) is 30.5 cm³/mol. The van der Waals surface area contributed by atoms with E-state index in [1.807, 2.05) is 0 Å². The molecule has 3 nitrogen and oxygen atoms in total. The van der Waals surface area contributed by atoms with Crippen LogP contribution in [-0.2, 0) is 0 Å². The molecular weight excluding hydrogens is 90.1 g/mol. The third-order valence-corrected chi connectivity index (χ3v) is 0.530. The predicted octanol–water partition coefficient (Wildman–Crippen LogP) is -0.250. The fourth-order valence-corrected chi connectivity index (χ4v) is 0.221. The SMILES string of the molecule is CNNCC(C)=N. The lowest BCUT2D eigenvalue weighted by molar-refractivity contribution is 0.657. The van der Waals surface area contributed by atoms with Gasteiger partial charge in [-0.05, 0) is 14.0 Å². The third-order valence-electron chi connectivity index (χ3n) is 0.530. The van der Waals surface area contributed by atoms with Crippen molar-refractivity contribution in [1.82, 2.24) is 10.9 Å². The first-order valence-electron chi connectivity index (χ1n) is 2.21. The summed E-state index contributed by atoms with van der Waals surface area (Å²) in [4.78, 5) is 0. The molecule has 0 spiro atoms. The summed E-state index contributed by atoms with van der Waals surface area (Å²) >= 11 is 0. The molecule has 0 amide bonds. The van der Waals surface area contributed by atoms with Gasteiger partial charge >= 0.3 is 0 Å². The Morgan fingerprint density at radius 2 is 2.29 bits per heavy atom. The van der Waals surface area contributed by atoms with Crippen molar-refractivity contribution in [2.45, 2.75) is 6.92 Å². The lowest BCUT2D eigenvalue weighted by atomic mass is 10.4. The minimum atomic E-state index is 0.622. The minimum absolute atomic E-state index is 0.622. The summed E-state index contributed by atoms with van der Waals surface area (Å²) in [5.74, 6) is 0. The molecule has 0 saturated heterocycles. The number of nitrogens with one attached hydrogen (secondary N) is 3. The summed E-state index contributed by atoms with van der Waals surface area (Å²) in [6.45, 7) is 2.38. The van der Waals surface area contributed by atoms with Crippen LogP contribution in [0, 0.1) is 5.41 Å². The summed E-state index contributed by atoms with van der Waals surface area (Å²) in [5.41, 5.74) is 6.12. The van der Waals surface area contributed by atoms with E-state index in [-0.39, 0.29) is 0 Å². The summed E-state index contributed by atoms with van der Waals surface area (Å²) < 4.78 is 0. The van der Waals surface area contributed by atoms with E-state index in [0.717, 1.165) is 0 Å². The van der Waals surface area contributed by atoms with Crippen molar-refractivity contribution < 1.29 is 0 Å².